The van der Waals surface area contributed by atoms with Crippen LogP contribution in [-0.4, -0.2) is 50.8 Å². The van der Waals surface area contributed by atoms with E-state index in [1.165, 1.54) is 0 Å². The summed E-state index contributed by atoms with van der Waals surface area (Å²) in [4.78, 5) is 19.2. The first-order chi connectivity index (χ1) is 9.65. The maximum Gasteiger partial charge on any atom is 0.241 e. The Morgan fingerprint density at radius 3 is 2.45 bits per heavy atom. The standard InChI is InChI=1S/C12H15ClN6O/c1-8-9(2)19(7-14-8)12-16-10(13)15-11(17-12)18-3-5-20-6-4-18/h7H,3-6H2,1-2H3. The lowest BCUT2D eigenvalue weighted by Gasteiger charge is -2.26. The number of aromatic nitrogens is 5. The molecule has 1 saturated heterocycles. The molecule has 1 fully saturated rings. The monoisotopic (exact) mass is 294 g/mol. The van der Waals surface area contributed by atoms with Gasteiger partial charge in [-0.15, -0.1) is 0 Å². The van der Waals surface area contributed by atoms with Gasteiger partial charge in [0.05, 0.1) is 18.9 Å². The van der Waals surface area contributed by atoms with E-state index in [-0.39, 0.29) is 5.28 Å². The third kappa shape index (κ3) is 2.46. The maximum absolute atomic E-state index is 6.02. The first-order valence-corrected chi connectivity index (χ1v) is 6.78. The highest BCUT2D eigenvalue weighted by Crippen LogP contribution is 2.16. The Morgan fingerprint density at radius 1 is 1.10 bits per heavy atom. The van der Waals surface area contributed by atoms with Crippen molar-refractivity contribution in [2.75, 3.05) is 31.2 Å². The third-order valence-corrected chi connectivity index (χ3v) is 3.51. The highest BCUT2D eigenvalue weighted by Gasteiger charge is 2.17. The number of morpholine rings is 1. The number of rotatable bonds is 2. The molecule has 8 heteroatoms. The second-order valence-electron chi connectivity index (χ2n) is 4.59. The molecule has 106 valence electrons. The van der Waals surface area contributed by atoms with E-state index >= 15 is 0 Å². The van der Waals surface area contributed by atoms with Gasteiger partial charge in [0, 0.05) is 18.8 Å². The molecule has 20 heavy (non-hydrogen) atoms. The Bertz CT molecular complexity index is 622. The van der Waals surface area contributed by atoms with E-state index in [4.69, 9.17) is 16.3 Å². The van der Waals surface area contributed by atoms with Crippen LogP contribution in [0.1, 0.15) is 11.4 Å². The van der Waals surface area contributed by atoms with Crippen molar-refractivity contribution >= 4 is 17.5 Å². The Balaban J connectivity index is 2.00. The van der Waals surface area contributed by atoms with Gasteiger partial charge in [-0.2, -0.15) is 15.0 Å². The Kier molecular flexibility index (Phi) is 3.54. The van der Waals surface area contributed by atoms with E-state index in [2.05, 4.69) is 19.9 Å². The van der Waals surface area contributed by atoms with E-state index in [1.807, 2.05) is 23.3 Å². The molecule has 0 aromatic carbocycles. The summed E-state index contributed by atoms with van der Waals surface area (Å²) in [6.07, 6.45) is 1.69. The molecular weight excluding hydrogens is 280 g/mol. The van der Waals surface area contributed by atoms with Gasteiger partial charge in [-0.25, -0.2) is 4.98 Å². The van der Waals surface area contributed by atoms with Crippen LogP contribution in [0, 0.1) is 13.8 Å². The van der Waals surface area contributed by atoms with Crippen LogP contribution in [0.3, 0.4) is 0 Å². The lowest BCUT2D eigenvalue weighted by atomic mass is 10.4. The van der Waals surface area contributed by atoms with Crippen molar-refractivity contribution in [3.8, 4) is 5.95 Å². The summed E-state index contributed by atoms with van der Waals surface area (Å²) in [5.74, 6) is 1.07. The molecule has 7 nitrogen and oxygen atoms in total. The number of hydrogen-bond acceptors (Lipinski definition) is 6. The van der Waals surface area contributed by atoms with Gasteiger partial charge in [-0.1, -0.05) is 0 Å². The SMILES string of the molecule is Cc1ncn(-c2nc(Cl)nc(N3CCOCC3)n2)c1C. The van der Waals surface area contributed by atoms with E-state index in [1.54, 1.807) is 6.33 Å². The maximum atomic E-state index is 6.02. The molecule has 0 unspecified atom stereocenters. The lowest BCUT2D eigenvalue weighted by Crippen LogP contribution is -2.37. The summed E-state index contributed by atoms with van der Waals surface area (Å²) in [6.45, 7) is 6.75. The highest BCUT2D eigenvalue weighted by atomic mass is 35.5. The van der Waals surface area contributed by atoms with E-state index in [0.717, 1.165) is 24.5 Å². The summed E-state index contributed by atoms with van der Waals surface area (Å²) < 4.78 is 7.14. The molecule has 0 saturated carbocycles. The molecule has 3 heterocycles. The van der Waals surface area contributed by atoms with Gasteiger partial charge < -0.3 is 9.64 Å². The predicted octanol–water partition coefficient (Wildman–Crippen LogP) is 1.16. The summed E-state index contributed by atoms with van der Waals surface area (Å²) in [6, 6.07) is 0. The molecule has 0 aliphatic carbocycles. The van der Waals surface area contributed by atoms with Crippen molar-refractivity contribution in [3.05, 3.63) is 23.0 Å². The average Bonchev–Trinajstić information content (AvgIpc) is 2.79. The molecule has 1 aliphatic rings. The largest absolute Gasteiger partial charge is 0.378 e. The van der Waals surface area contributed by atoms with Crippen LogP contribution in [0.4, 0.5) is 5.95 Å². The lowest BCUT2D eigenvalue weighted by molar-refractivity contribution is 0.122. The molecule has 0 radical (unpaired) electrons. The van der Waals surface area contributed by atoms with Crippen molar-refractivity contribution in [1.82, 2.24) is 24.5 Å². The molecule has 1 aliphatic heterocycles. The molecule has 3 rings (SSSR count). The first kappa shape index (κ1) is 13.3. The smallest absolute Gasteiger partial charge is 0.241 e. The molecule has 0 amide bonds. The zero-order chi connectivity index (χ0) is 14.1. The van der Waals surface area contributed by atoms with Gasteiger partial charge in [0.2, 0.25) is 17.2 Å². The quantitative estimate of drug-likeness (QED) is 0.828. The summed E-state index contributed by atoms with van der Waals surface area (Å²) in [5.41, 5.74) is 1.93. The van der Waals surface area contributed by atoms with Gasteiger partial charge in [0.15, 0.2) is 0 Å². The molecular formula is C12H15ClN6O. The first-order valence-electron chi connectivity index (χ1n) is 6.40. The zero-order valence-corrected chi connectivity index (χ0v) is 12.1. The van der Waals surface area contributed by atoms with Gasteiger partial charge in [-0.3, -0.25) is 4.57 Å². The van der Waals surface area contributed by atoms with Crippen molar-refractivity contribution in [2.24, 2.45) is 0 Å². The summed E-state index contributed by atoms with van der Waals surface area (Å²) in [5, 5.41) is 0.183. The van der Waals surface area contributed by atoms with Crippen LogP contribution < -0.4 is 4.90 Å². The fourth-order valence-electron chi connectivity index (χ4n) is 2.04. The number of nitrogens with zero attached hydrogens (tertiary/aromatic N) is 6. The number of anilines is 1. The second-order valence-corrected chi connectivity index (χ2v) is 4.93. The van der Waals surface area contributed by atoms with Crippen LogP contribution >= 0.6 is 11.6 Å². The minimum Gasteiger partial charge on any atom is -0.378 e. The zero-order valence-electron chi connectivity index (χ0n) is 11.4. The fourth-order valence-corrected chi connectivity index (χ4v) is 2.19. The number of imidazole rings is 1. The number of ether oxygens (including phenoxy) is 1. The van der Waals surface area contributed by atoms with Crippen molar-refractivity contribution in [1.29, 1.82) is 0 Å². The average molecular weight is 295 g/mol. The van der Waals surface area contributed by atoms with Crippen molar-refractivity contribution in [2.45, 2.75) is 13.8 Å². The molecule has 0 bridgehead atoms. The topological polar surface area (TPSA) is 69.0 Å². The molecule has 2 aromatic rings. The Labute approximate surface area is 121 Å². The minimum atomic E-state index is 0.183. The van der Waals surface area contributed by atoms with Crippen molar-refractivity contribution in [3.63, 3.8) is 0 Å². The number of aryl methyl sites for hydroxylation is 1. The van der Waals surface area contributed by atoms with E-state index in [0.29, 0.717) is 25.1 Å². The van der Waals surface area contributed by atoms with E-state index < -0.39 is 0 Å². The number of hydrogen-bond donors (Lipinski definition) is 0. The van der Waals surface area contributed by atoms with E-state index in [9.17, 15) is 0 Å². The Hall–Kier alpha value is -1.73. The second kappa shape index (κ2) is 5.34. The van der Waals surface area contributed by atoms with Crippen LogP contribution in [0.25, 0.3) is 5.95 Å². The molecule has 2 aromatic heterocycles. The molecule has 0 spiro atoms. The van der Waals surface area contributed by atoms with Crippen LogP contribution in [0.15, 0.2) is 6.33 Å². The van der Waals surface area contributed by atoms with Gasteiger partial charge >= 0.3 is 0 Å². The normalized spacial score (nSPS) is 15.7. The fraction of sp³-hybridized carbons (Fsp3) is 0.500. The van der Waals surface area contributed by atoms with Gasteiger partial charge in [0.25, 0.3) is 0 Å². The van der Waals surface area contributed by atoms with Crippen LogP contribution in [0.2, 0.25) is 5.28 Å². The third-order valence-electron chi connectivity index (χ3n) is 3.35. The Morgan fingerprint density at radius 2 is 1.80 bits per heavy atom. The van der Waals surface area contributed by atoms with Gasteiger partial charge in [-0.05, 0) is 25.4 Å². The summed E-state index contributed by atoms with van der Waals surface area (Å²) in [7, 11) is 0. The predicted molar refractivity (Wildman–Crippen MR) is 74.5 cm³/mol. The molecule has 0 N–H and O–H groups in total. The van der Waals surface area contributed by atoms with Crippen molar-refractivity contribution < 1.29 is 4.74 Å². The highest BCUT2D eigenvalue weighted by molar-refractivity contribution is 6.28. The van der Waals surface area contributed by atoms with Gasteiger partial charge in [0.1, 0.15) is 6.33 Å². The molecule has 0 atom stereocenters. The number of halogens is 1. The van der Waals surface area contributed by atoms with Crippen LogP contribution in [0.5, 0.6) is 0 Å². The minimum absolute atomic E-state index is 0.183. The summed E-state index contributed by atoms with van der Waals surface area (Å²) >= 11 is 6.02. The van der Waals surface area contributed by atoms with Crippen LogP contribution in [-0.2, 0) is 4.74 Å².